The third kappa shape index (κ3) is 6.30. The molecule has 4 rings (SSSR count). The normalized spacial score (nSPS) is 10.7. The van der Waals surface area contributed by atoms with Crippen LogP contribution in [-0.2, 0) is 13.0 Å². The maximum atomic E-state index is 12.5. The highest BCUT2D eigenvalue weighted by Crippen LogP contribution is 2.18. The van der Waals surface area contributed by atoms with Crippen molar-refractivity contribution in [1.82, 2.24) is 20.7 Å². The summed E-state index contributed by atoms with van der Waals surface area (Å²) in [4.78, 5) is 25.0. The Morgan fingerprint density at radius 1 is 1.03 bits per heavy atom. The lowest BCUT2D eigenvalue weighted by Gasteiger charge is -2.07. The molecule has 0 spiro atoms. The molecule has 0 bridgehead atoms. The van der Waals surface area contributed by atoms with Gasteiger partial charge in [-0.25, -0.2) is 0 Å². The largest absolute Gasteiger partial charge is 0.486 e. The molecule has 0 fully saturated rings. The number of carbonyl (C=O) groups excluding carboxylic acids is 2. The summed E-state index contributed by atoms with van der Waals surface area (Å²) in [6.07, 6.45) is 0.640. The number of anilines is 1. The maximum Gasteiger partial charge on any atom is 0.286 e. The minimum atomic E-state index is -0.374. The molecule has 2 heterocycles. The van der Waals surface area contributed by atoms with Gasteiger partial charge in [-0.1, -0.05) is 28.6 Å². The monoisotopic (exact) mass is 491 g/mol. The van der Waals surface area contributed by atoms with Gasteiger partial charge >= 0.3 is 0 Å². The summed E-state index contributed by atoms with van der Waals surface area (Å²) in [5.41, 5.74) is 3.98. The van der Waals surface area contributed by atoms with Crippen molar-refractivity contribution in [3.8, 4) is 5.75 Å². The van der Waals surface area contributed by atoms with Crippen molar-refractivity contribution in [2.24, 2.45) is 0 Å². The second kappa shape index (κ2) is 10.9. The Labute approximate surface area is 206 Å². The van der Waals surface area contributed by atoms with Crippen LogP contribution in [0.1, 0.15) is 47.7 Å². The first-order valence-electron chi connectivity index (χ1n) is 11.0. The molecule has 2 aromatic carbocycles. The number of carbonyl (C=O) groups is 2. The van der Waals surface area contributed by atoms with Gasteiger partial charge in [-0.15, -0.1) is 10.2 Å². The lowest BCUT2D eigenvalue weighted by atomic mass is 10.1. The molecule has 2 N–H and O–H groups in total. The molecule has 0 aliphatic heterocycles. The number of aryl methyl sites for hydroxylation is 3. The number of aromatic nitrogens is 3. The van der Waals surface area contributed by atoms with Gasteiger partial charge in [0, 0.05) is 23.4 Å². The van der Waals surface area contributed by atoms with Crippen LogP contribution in [-0.4, -0.2) is 33.7 Å². The summed E-state index contributed by atoms with van der Waals surface area (Å²) in [6.45, 7) is 6.41. The van der Waals surface area contributed by atoms with E-state index in [1.165, 1.54) is 11.3 Å². The van der Waals surface area contributed by atoms with Gasteiger partial charge in [-0.05, 0) is 69.2 Å². The molecule has 2 amide bonds. The number of hydrogen-bond acceptors (Lipinski definition) is 8. The molecule has 0 atom stereocenters. The van der Waals surface area contributed by atoms with Crippen molar-refractivity contribution in [2.75, 3.05) is 11.9 Å². The smallest absolute Gasteiger partial charge is 0.286 e. The predicted molar refractivity (Wildman–Crippen MR) is 132 cm³/mol. The molecule has 0 aliphatic carbocycles. The van der Waals surface area contributed by atoms with Crippen LogP contribution in [0.4, 0.5) is 5.69 Å². The van der Waals surface area contributed by atoms with Gasteiger partial charge in [0.25, 0.3) is 11.8 Å². The average Bonchev–Trinajstić information content (AvgIpc) is 3.45. The van der Waals surface area contributed by atoms with E-state index in [0.717, 1.165) is 28.3 Å². The molecule has 0 saturated heterocycles. The van der Waals surface area contributed by atoms with Gasteiger partial charge in [0.1, 0.15) is 18.1 Å². The molecule has 35 heavy (non-hydrogen) atoms. The van der Waals surface area contributed by atoms with E-state index >= 15 is 0 Å². The predicted octanol–water partition coefficient (Wildman–Crippen LogP) is 4.26. The van der Waals surface area contributed by atoms with Crippen LogP contribution in [0.5, 0.6) is 5.75 Å². The molecule has 0 radical (unpaired) electrons. The summed E-state index contributed by atoms with van der Waals surface area (Å²) in [7, 11) is 0. The number of rotatable bonds is 9. The van der Waals surface area contributed by atoms with E-state index in [-0.39, 0.29) is 23.4 Å². The van der Waals surface area contributed by atoms with Gasteiger partial charge in [0.15, 0.2) is 5.01 Å². The number of hydrogen-bond donors (Lipinski definition) is 2. The Hall–Kier alpha value is -4.05. The Bertz CT molecular complexity index is 1310. The van der Waals surface area contributed by atoms with Crippen LogP contribution in [0.25, 0.3) is 0 Å². The van der Waals surface area contributed by atoms with Crippen molar-refractivity contribution in [1.29, 1.82) is 0 Å². The molecule has 2 aromatic heterocycles. The zero-order valence-corrected chi connectivity index (χ0v) is 20.4. The Morgan fingerprint density at radius 2 is 1.83 bits per heavy atom. The summed E-state index contributed by atoms with van der Waals surface area (Å²) < 4.78 is 10.8. The second-order valence-corrected chi connectivity index (χ2v) is 9.01. The lowest BCUT2D eigenvalue weighted by molar-refractivity contribution is 0.0953. The van der Waals surface area contributed by atoms with Crippen molar-refractivity contribution < 1.29 is 18.8 Å². The van der Waals surface area contributed by atoms with Crippen molar-refractivity contribution in [3.05, 3.63) is 86.7 Å². The first-order valence-corrected chi connectivity index (χ1v) is 11.8. The Balaban J connectivity index is 1.26. The fourth-order valence-electron chi connectivity index (χ4n) is 3.41. The third-order valence-electron chi connectivity index (χ3n) is 5.26. The van der Waals surface area contributed by atoms with Crippen molar-refractivity contribution in [3.63, 3.8) is 0 Å². The van der Waals surface area contributed by atoms with Gasteiger partial charge in [-0.3, -0.25) is 9.59 Å². The molecular formula is C25H25N5O4S. The van der Waals surface area contributed by atoms with E-state index in [4.69, 9.17) is 9.26 Å². The zero-order chi connectivity index (χ0) is 24.8. The Morgan fingerprint density at radius 3 is 2.54 bits per heavy atom. The molecule has 9 nitrogen and oxygen atoms in total. The van der Waals surface area contributed by atoms with Crippen LogP contribution in [0.3, 0.4) is 0 Å². The molecule has 0 unspecified atom stereocenters. The number of nitrogens with zero attached hydrogens (tertiary/aromatic N) is 3. The number of benzene rings is 2. The van der Waals surface area contributed by atoms with Crippen molar-refractivity contribution >= 4 is 28.8 Å². The van der Waals surface area contributed by atoms with Crippen LogP contribution >= 0.6 is 11.3 Å². The minimum absolute atomic E-state index is 0.197. The number of nitrogens with one attached hydrogen (secondary N) is 2. The fraction of sp³-hybridized carbons (Fsp3) is 0.240. The van der Waals surface area contributed by atoms with Gasteiger partial charge in [0.2, 0.25) is 5.01 Å². The highest BCUT2D eigenvalue weighted by atomic mass is 32.1. The van der Waals surface area contributed by atoms with E-state index in [2.05, 4.69) is 26.0 Å². The van der Waals surface area contributed by atoms with E-state index in [1.807, 2.05) is 45.0 Å². The fourth-order valence-corrected chi connectivity index (χ4v) is 4.05. The van der Waals surface area contributed by atoms with E-state index in [9.17, 15) is 9.59 Å². The van der Waals surface area contributed by atoms with Crippen LogP contribution in [0.2, 0.25) is 0 Å². The lowest BCUT2D eigenvalue weighted by Crippen LogP contribution is -2.25. The zero-order valence-electron chi connectivity index (χ0n) is 19.6. The number of ether oxygens (including phenoxy) is 1. The minimum Gasteiger partial charge on any atom is -0.486 e. The van der Waals surface area contributed by atoms with Crippen LogP contribution in [0.15, 0.2) is 53.1 Å². The van der Waals surface area contributed by atoms with E-state index in [0.29, 0.717) is 29.2 Å². The summed E-state index contributed by atoms with van der Waals surface area (Å²) in [5, 5.41) is 18.4. The molecule has 0 saturated carbocycles. The van der Waals surface area contributed by atoms with Gasteiger partial charge in [-0.2, -0.15) is 0 Å². The van der Waals surface area contributed by atoms with E-state index < -0.39 is 0 Å². The van der Waals surface area contributed by atoms with Crippen molar-refractivity contribution in [2.45, 2.75) is 33.8 Å². The van der Waals surface area contributed by atoms with E-state index in [1.54, 1.807) is 24.3 Å². The highest BCUT2D eigenvalue weighted by molar-refractivity contribution is 7.13. The number of amides is 2. The summed E-state index contributed by atoms with van der Waals surface area (Å²) >= 11 is 1.17. The molecule has 4 aromatic rings. The Kier molecular flexibility index (Phi) is 7.51. The SMILES string of the molecule is Cc1cccc(OCc2nnc(C(=O)Nc3ccc(C(=O)NCCc4c(C)noc4C)cc3)s2)c1. The molecule has 0 aliphatic rings. The topological polar surface area (TPSA) is 119 Å². The van der Waals surface area contributed by atoms with Gasteiger partial charge < -0.3 is 19.9 Å². The summed E-state index contributed by atoms with van der Waals surface area (Å²) in [5.74, 6) is 0.926. The average molecular weight is 492 g/mol. The first kappa shape index (κ1) is 24.1. The maximum absolute atomic E-state index is 12.5. The third-order valence-corrected chi connectivity index (χ3v) is 6.16. The van der Waals surface area contributed by atoms with Gasteiger partial charge in [0.05, 0.1) is 5.69 Å². The van der Waals surface area contributed by atoms with Crippen LogP contribution in [0, 0.1) is 20.8 Å². The quantitative estimate of drug-likeness (QED) is 0.359. The van der Waals surface area contributed by atoms with Crippen LogP contribution < -0.4 is 15.4 Å². The second-order valence-electron chi connectivity index (χ2n) is 7.95. The highest BCUT2D eigenvalue weighted by Gasteiger charge is 2.15. The summed E-state index contributed by atoms with van der Waals surface area (Å²) in [6, 6.07) is 14.3. The molecular weight excluding hydrogens is 466 g/mol. The molecule has 10 heteroatoms. The first-order chi connectivity index (χ1) is 16.9. The molecule has 180 valence electrons. The standard InChI is InChI=1S/C25H25N5O4S/c1-15-5-4-6-20(13-15)33-14-22-28-29-25(35-22)24(32)27-19-9-7-18(8-10-19)23(31)26-12-11-21-16(2)30-34-17(21)3/h4-10,13H,11-12,14H2,1-3H3,(H,26,31)(H,27,32).